The normalized spacial score (nSPS) is 14.7. The monoisotopic (exact) mass is 646 g/mol. The van der Waals surface area contributed by atoms with Gasteiger partial charge in [0.05, 0.1) is 25.5 Å². The molecule has 2 aromatic rings. The predicted octanol–water partition coefficient (Wildman–Crippen LogP) is 3.45. The van der Waals surface area contributed by atoms with Crippen LogP contribution < -0.4 is 5.73 Å². The first kappa shape index (κ1) is 36.0. The van der Waals surface area contributed by atoms with Gasteiger partial charge in [-0.2, -0.15) is 5.10 Å². The SMILES string of the molecule is C#CO[C@H](COP(=O)(OCCSC(=O)C(C)(C)C)OCCSC(=O)C(C)(C)C)[C@@H](O)[C@@H](O)c1ccc2c(N)ncnn12. The van der Waals surface area contributed by atoms with Gasteiger partial charge in [0, 0.05) is 22.3 Å². The first-order chi connectivity index (χ1) is 19.5. The Morgan fingerprint density at radius 2 is 1.60 bits per heavy atom. The number of carbonyl (C=O) groups is 2. The van der Waals surface area contributed by atoms with Gasteiger partial charge in [0.15, 0.2) is 22.2 Å². The summed E-state index contributed by atoms with van der Waals surface area (Å²) in [6.07, 6.45) is 3.78. The topological polar surface area (TPSA) is 185 Å². The third kappa shape index (κ3) is 10.5. The van der Waals surface area contributed by atoms with E-state index in [1.165, 1.54) is 16.9 Å². The van der Waals surface area contributed by atoms with Crippen LogP contribution in [0.15, 0.2) is 18.5 Å². The molecule has 42 heavy (non-hydrogen) atoms. The number of thioether (sulfide) groups is 2. The highest BCUT2D eigenvalue weighted by Crippen LogP contribution is 2.50. The highest BCUT2D eigenvalue weighted by molar-refractivity contribution is 8.14. The number of terminal acetylenes is 1. The zero-order valence-corrected chi connectivity index (χ0v) is 27.0. The van der Waals surface area contributed by atoms with Crippen LogP contribution in [0.2, 0.25) is 0 Å². The number of carbonyl (C=O) groups excluding carboxylic acids is 2. The number of anilines is 1. The maximum Gasteiger partial charge on any atom is 0.474 e. The van der Waals surface area contributed by atoms with Crippen LogP contribution in [-0.4, -0.2) is 78.6 Å². The Hall–Kier alpha value is -2.15. The molecule has 0 aromatic carbocycles. The largest absolute Gasteiger partial charge is 0.474 e. The van der Waals surface area contributed by atoms with Crippen LogP contribution in [0, 0.1) is 23.4 Å². The smallest absolute Gasteiger partial charge is 0.438 e. The molecule has 0 saturated heterocycles. The lowest BCUT2D eigenvalue weighted by Crippen LogP contribution is -2.37. The van der Waals surface area contributed by atoms with Crippen molar-refractivity contribution < 1.29 is 42.7 Å². The summed E-state index contributed by atoms with van der Waals surface area (Å²) in [4.78, 5) is 28.3. The molecule has 13 nitrogen and oxygen atoms in total. The molecule has 0 aliphatic carbocycles. The molecule has 234 valence electrons. The number of rotatable bonds is 15. The lowest BCUT2D eigenvalue weighted by atomic mass is 9.99. The average molecular weight is 647 g/mol. The van der Waals surface area contributed by atoms with E-state index in [0.29, 0.717) is 5.52 Å². The van der Waals surface area contributed by atoms with Crippen molar-refractivity contribution in [2.24, 2.45) is 10.8 Å². The highest BCUT2D eigenvalue weighted by atomic mass is 32.2. The van der Waals surface area contributed by atoms with Gasteiger partial charge in [0.2, 0.25) is 0 Å². The Labute approximate surface area is 254 Å². The second-order valence-electron chi connectivity index (χ2n) is 11.1. The number of phosphoric acid groups is 1. The van der Waals surface area contributed by atoms with Gasteiger partial charge < -0.3 is 20.7 Å². The first-order valence-electron chi connectivity index (χ1n) is 12.9. The summed E-state index contributed by atoms with van der Waals surface area (Å²) >= 11 is 2.02. The zero-order valence-electron chi connectivity index (χ0n) is 24.5. The van der Waals surface area contributed by atoms with Crippen LogP contribution in [0.1, 0.15) is 53.3 Å². The molecule has 0 fully saturated rings. The maximum absolute atomic E-state index is 13.5. The molecule has 4 N–H and O–H groups in total. The number of aromatic nitrogens is 3. The average Bonchev–Trinajstić information content (AvgIpc) is 3.35. The molecule has 0 radical (unpaired) electrons. The van der Waals surface area contributed by atoms with E-state index in [9.17, 15) is 24.4 Å². The van der Waals surface area contributed by atoms with E-state index in [1.807, 2.05) is 6.11 Å². The molecule has 2 rings (SSSR count). The molecule has 2 aromatic heterocycles. The minimum absolute atomic E-state index is 0.0793. The molecule has 0 aliphatic heterocycles. The van der Waals surface area contributed by atoms with Crippen molar-refractivity contribution in [3.63, 3.8) is 0 Å². The molecule has 0 amide bonds. The maximum atomic E-state index is 13.5. The minimum atomic E-state index is -4.31. The van der Waals surface area contributed by atoms with E-state index in [4.69, 9.17) is 30.5 Å². The molecular formula is C26H39N4O9PS2. The number of ether oxygens (including phenoxy) is 1. The summed E-state index contributed by atoms with van der Waals surface area (Å²) in [5.74, 6) is 0.502. The number of aliphatic hydroxyl groups excluding tert-OH is 2. The summed E-state index contributed by atoms with van der Waals surface area (Å²) in [6, 6.07) is 3.06. The van der Waals surface area contributed by atoms with Crippen molar-refractivity contribution in [1.82, 2.24) is 14.6 Å². The zero-order chi connectivity index (χ0) is 31.7. The van der Waals surface area contributed by atoms with Gasteiger partial charge in [-0.25, -0.2) is 14.1 Å². The molecule has 0 bridgehead atoms. The molecule has 0 saturated carbocycles. The number of nitrogens with zero attached hydrogens (tertiary/aromatic N) is 3. The van der Waals surface area contributed by atoms with Crippen LogP contribution in [0.25, 0.3) is 5.52 Å². The molecule has 0 unspecified atom stereocenters. The highest BCUT2D eigenvalue weighted by Gasteiger charge is 2.36. The second-order valence-corrected chi connectivity index (χ2v) is 14.9. The molecule has 2 heterocycles. The van der Waals surface area contributed by atoms with E-state index in [1.54, 1.807) is 47.6 Å². The summed E-state index contributed by atoms with van der Waals surface area (Å²) in [5, 5.41) is 25.7. The molecule has 0 spiro atoms. The Morgan fingerprint density at radius 3 is 2.10 bits per heavy atom. The van der Waals surface area contributed by atoms with Gasteiger partial charge in [0.25, 0.3) is 0 Å². The number of nitrogen functional groups attached to an aromatic ring is 1. The van der Waals surface area contributed by atoms with E-state index in [-0.39, 0.29) is 46.5 Å². The third-order valence-corrected chi connectivity index (χ3v) is 9.44. The third-order valence-electron chi connectivity index (χ3n) is 5.49. The number of phosphoric ester groups is 1. The Balaban J connectivity index is 2.12. The van der Waals surface area contributed by atoms with Crippen molar-refractivity contribution >= 4 is 52.9 Å². The number of nitrogens with two attached hydrogens (primary N) is 1. The Kier molecular flexibility index (Phi) is 13.3. The van der Waals surface area contributed by atoms with E-state index < -0.39 is 43.6 Å². The van der Waals surface area contributed by atoms with Gasteiger partial charge in [-0.05, 0) is 12.1 Å². The van der Waals surface area contributed by atoms with Gasteiger partial charge >= 0.3 is 7.82 Å². The molecule has 3 atom stereocenters. The van der Waals surface area contributed by atoms with Gasteiger partial charge in [-0.15, -0.1) is 0 Å². The van der Waals surface area contributed by atoms with E-state index in [0.717, 1.165) is 23.5 Å². The van der Waals surface area contributed by atoms with Crippen molar-refractivity contribution in [3.05, 3.63) is 24.2 Å². The summed E-state index contributed by atoms with van der Waals surface area (Å²) in [6.45, 7) is 9.73. The van der Waals surface area contributed by atoms with Gasteiger partial charge in [0.1, 0.15) is 30.2 Å². The second kappa shape index (κ2) is 15.5. The molecule has 16 heteroatoms. The fraction of sp³-hybridized carbons (Fsp3) is 0.615. The minimum Gasteiger partial charge on any atom is -0.438 e. The first-order valence-corrected chi connectivity index (χ1v) is 16.4. The van der Waals surface area contributed by atoms with Gasteiger partial charge in [-0.3, -0.25) is 23.2 Å². The molecular weight excluding hydrogens is 607 g/mol. The van der Waals surface area contributed by atoms with Crippen LogP contribution in [-0.2, 0) is 32.5 Å². The van der Waals surface area contributed by atoms with Gasteiger partial charge in [-0.1, -0.05) is 71.5 Å². The van der Waals surface area contributed by atoms with Crippen molar-refractivity contribution in [2.45, 2.75) is 59.9 Å². The van der Waals surface area contributed by atoms with Crippen LogP contribution in [0.3, 0.4) is 0 Å². The van der Waals surface area contributed by atoms with Crippen LogP contribution >= 0.6 is 31.3 Å². The fourth-order valence-electron chi connectivity index (χ4n) is 3.14. The lowest BCUT2D eigenvalue weighted by molar-refractivity contribution is -0.118. The van der Waals surface area contributed by atoms with Crippen molar-refractivity contribution in [3.8, 4) is 12.5 Å². The van der Waals surface area contributed by atoms with Crippen molar-refractivity contribution in [1.29, 1.82) is 0 Å². The lowest BCUT2D eigenvalue weighted by Gasteiger charge is -2.26. The van der Waals surface area contributed by atoms with Crippen molar-refractivity contribution in [2.75, 3.05) is 37.1 Å². The quantitative estimate of drug-likeness (QED) is 0.145. The van der Waals surface area contributed by atoms with Crippen LogP contribution in [0.5, 0.6) is 0 Å². The Morgan fingerprint density at radius 1 is 1.05 bits per heavy atom. The summed E-state index contributed by atoms with van der Waals surface area (Å²) < 4.78 is 36.3. The molecule has 0 aliphatic rings. The van der Waals surface area contributed by atoms with E-state index >= 15 is 0 Å². The summed E-state index contributed by atoms with van der Waals surface area (Å²) in [5.41, 5.74) is 5.26. The number of hydrogen-bond acceptors (Lipinski definition) is 14. The number of fused-ring (bicyclic) bond motifs is 1. The Bertz CT molecular complexity index is 1270. The van der Waals surface area contributed by atoms with E-state index in [2.05, 4.69) is 10.1 Å². The fourth-order valence-corrected chi connectivity index (χ4v) is 6.14. The summed E-state index contributed by atoms with van der Waals surface area (Å²) in [7, 11) is -4.31. The number of hydrogen-bond donors (Lipinski definition) is 3. The number of aliphatic hydroxyl groups is 2. The predicted molar refractivity (Wildman–Crippen MR) is 161 cm³/mol. The van der Waals surface area contributed by atoms with Crippen LogP contribution in [0.4, 0.5) is 5.82 Å². The standard InChI is InChI=1S/C26H39N4O9PS2/c1-8-36-19(21(32)20(31)17-9-10-18-22(27)28-16-29-30(17)18)15-39-40(35,37-11-13-41-23(33)25(2,3)4)38-12-14-42-24(34)26(5,6)7/h1,9-10,16,19-21,31-32H,11-15H2,2-7H3,(H2,27,28,29)/t19-,20+,21-/m1/s1.